The maximum Gasteiger partial charge on any atom is 0.338 e. The van der Waals surface area contributed by atoms with Crippen LogP contribution in [0, 0.1) is 0 Å². The smallest absolute Gasteiger partial charge is 0.338 e. The zero-order valence-corrected chi connectivity index (χ0v) is 22.7. The van der Waals surface area contributed by atoms with Crippen molar-refractivity contribution in [1.82, 2.24) is 0 Å². The molecule has 1 unspecified atom stereocenters. The Labute approximate surface area is 230 Å². The summed E-state index contributed by atoms with van der Waals surface area (Å²) in [4.78, 5) is 41.7. The number of benzene rings is 3. The van der Waals surface area contributed by atoms with E-state index >= 15 is 0 Å². The number of anilines is 1. The predicted molar refractivity (Wildman–Crippen MR) is 149 cm³/mol. The third-order valence-electron chi connectivity index (χ3n) is 6.89. The molecule has 1 aromatic heterocycles. The Kier molecular flexibility index (Phi) is 7.46. The molecule has 0 saturated carbocycles. The largest absolute Gasteiger partial charge is 0.493 e. The molecule has 9 heteroatoms. The number of esters is 1. The Balaban J connectivity index is 1.68. The average molecular weight is 544 g/mol. The number of unbranched alkanes of at least 4 members (excludes halogenated alkanes) is 1. The van der Waals surface area contributed by atoms with Crippen LogP contribution in [0.4, 0.5) is 5.69 Å². The maximum absolute atomic E-state index is 13.9. The highest BCUT2D eigenvalue weighted by Crippen LogP contribution is 2.46. The molecule has 2 heterocycles. The Morgan fingerprint density at radius 2 is 1.60 bits per heavy atom. The lowest BCUT2D eigenvalue weighted by molar-refractivity contribution is 0.0499. The Bertz CT molecular complexity index is 1610. The number of fused-ring (bicyclic) bond motifs is 2. The maximum atomic E-state index is 13.9. The van der Waals surface area contributed by atoms with Crippen LogP contribution in [0.15, 0.2) is 69.9 Å². The molecule has 5 rings (SSSR count). The van der Waals surface area contributed by atoms with Gasteiger partial charge in [0.2, 0.25) is 11.5 Å². The van der Waals surface area contributed by atoms with Crippen molar-refractivity contribution in [3.05, 3.63) is 93.3 Å². The number of methoxy groups -OCH3 is 3. The van der Waals surface area contributed by atoms with Gasteiger partial charge in [0.25, 0.3) is 5.91 Å². The zero-order valence-electron chi connectivity index (χ0n) is 22.7. The van der Waals surface area contributed by atoms with E-state index in [2.05, 4.69) is 0 Å². The van der Waals surface area contributed by atoms with E-state index < -0.39 is 17.9 Å². The summed E-state index contributed by atoms with van der Waals surface area (Å²) in [5.41, 5.74) is 1.56. The Hall–Kier alpha value is -4.79. The number of rotatable bonds is 9. The van der Waals surface area contributed by atoms with Gasteiger partial charge in [0.1, 0.15) is 5.58 Å². The van der Waals surface area contributed by atoms with Crippen LogP contribution >= 0.6 is 0 Å². The fraction of sp³-hybridized carbons (Fsp3) is 0.258. The lowest BCUT2D eigenvalue weighted by Crippen LogP contribution is -2.29. The molecule has 206 valence electrons. The number of hydrogen-bond donors (Lipinski definition) is 0. The standard InChI is InChI=1S/C31H29NO8/c1-5-6-15-39-31(35)18-11-13-20(14-12-18)32-26(19-16-23(36-2)28(38-4)24(17-19)37-3)25-27(33)21-9-7-8-10-22(21)40-29(25)30(32)34/h7-14,16-17,26H,5-6,15H2,1-4H3. The van der Waals surface area contributed by atoms with Crippen LogP contribution in [0.25, 0.3) is 11.0 Å². The summed E-state index contributed by atoms with van der Waals surface area (Å²) in [6, 6.07) is 15.8. The number of ether oxygens (including phenoxy) is 4. The fourth-order valence-corrected chi connectivity index (χ4v) is 4.91. The molecule has 1 aliphatic rings. The molecule has 9 nitrogen and oxygen atoms in total. The van der Waals surface area contributed by atoms with Crippen molar-refractivity contribution in [2.75, 3.05) is 32.8 Å². The normalized spacial score (nSPS) is 14.2. The third kappa shape index (κ3) is 4.53. The average Bonchev–Trinajstić information content (AvgIpc) is 3.28. The van der Waals surface area contributed by atoms with E-state index in [0.29, 0.717) is 51.6 Å². The highest BCUT2D eigenvalue weighted by Gasteiger charge is 2.44. The minimum atomic E-state index is -0.876. The zero-order chi connectivity index (χ0) is 28.4. The van der Waals surface area contributed by atoms with E-state index in [1.54, 1.807) is 60.7 Å². The summed E-state index contributed by atoms with van der Waals surface area (Å²) in [7, 11) is 4.48. The molecular weight excluding hydrogens is 514 g/mol. The van der Waals surface area contributed by atoms with Gasteiger partial charge in [-0.15, -0.1) is 0 Å². The highest BCUT2D eigenvalue weighted by atomic mass is 16.5. The molecular formula is C31H29NO8. The molecule has 0 N–H and O–H groups in total. The molecule has 40 heavy (non-hydrogen) atoms. The third-order valence-corrected chi connectivity index (χ3v) is 6.89. The Morgan fingerprint density at radius 3 is 2.23 bits per heavy atom. The first kappa shape index (κ1) is 26.8. The summed E-state index contributed by atoms with van der Waals surface area (Å²) in [6.45, 7) is 2.35. The van der Waals surface area contributed by atoms with Crippen LogP contribution in [-0.2, 0) is 4.74 Å². The van der Waals surface area contributed by atoms with E-state index in [4.69, 9.17) is 23.4 Å². The van der Waals surface area contributed by atoms with Gasteiger partial charge >= 0.3 is 5.97 Å². The van der Waals surface area contributed by atoms with Gasteiger partial charge < -0.3 is 23.4 Å². The van der Waals surface area contributed by atoms with Crippen LogP contribution in [-0.4, -0.2) is 39.8 Å². The number of amides is 1. The molecule has 0 bridgehead atoms. The van der Waals surface area contributed by atoms with Gasteiger partial charge in [-0.1, -0.05) is 25.5 Å². The van der Waals surface area contributed by atoms with Crippen molar-refractivity contribution in [2.45, 2.75) is 25.8 Å². The summed E-state index contributed by atoms with van der Waals surface area (Å²) in [5, 5.41) is 0.360. The van der Waals surface area contributed by atoms with Crippen LogP contribution in [0.3, 0.4) is 0 Å². The van der Waals surface area contributed by atoms with E-state index in [9.17, 15) is 14.4 Å². The van der Waals surface area contributed by atoms with Crippen molar-refractivity contribution in [2.24, 2.45) is 0 Å². The molecule has 1 aliphatic heterocycles. The lowest BCUT2D eigenvalue weighted by atomic mass is 9.97. The second kappa shape index (κ2) is 11.1. The molecule has 1 atom stereocenters. The molecule has 1 amide bonds. The van der Waals surface area contributed by atoms with Crippen LogP contribution in [0.1, 0.15) is 57.8 Å². The second-order valence-electron chi connectivity index (χ2n) is 9.24. The highest BCUT2D eigenvalue weighted by molar-refractivity contribution is 6.11. The number of carbonyl (C=O) groups excluding carboxylic acids is 2. The lowest BCUT2D eigenvalue weighted by Gasteiger charge is -2.26. The second-order valence-corrected chi connectivity index (χ2v) is 9.24. The van der Waals surface area contributed by atoms with E-state index in [0.717, 1.165) is 12.8 Å². The van der Waals surface area contributed by atoms with Crippen molar-refractivity contribution in [1.29, 1.82) is 0 Å². The summed E-state index contributed by atoms with van der Waals surface area (Å²) < 4.78 is 27.9. The van der Waals surface area contributed by atoms with Gasteiger partial charge in [-0.05, 0) is 60.5 Å². The van der Waals surface area contributed by atoms with Gasteiger partial charge in [-0.3, -0.25) is 14.5 Å². The van der Waals surface area contributed by atoms with Gasteiger partial charge in [0, 0.05) is 5.69 Å². The van der Waals surface area contributed by atoms with Crippen LogP contribution < -0.4 is 24.5 Å². The minimum absolute atomic E-state index is 0.0505. The van der Waals surface area contributed by atoms with Crippen molar-refractivity contribution in [3.8, 4) is 17.2 Å². The monoisotopic (exact) mass is 543 g/mol. The quantitative estimate of drug-likeness (QED) is 0.201. The molecule has 3 aromatic carbocycles. The molecule has 0 spiro atoms. The number of para-hydroxylation sites is 1. The number of nitrogens with zero attached hydrogens (tertiary/aromatic N) is 1. The van der Waals surface area contributed by atoms with Crippen molar-refractivity contribution >= 4 is 28.5 Å². The van der Waals surface area contributed by atoms with Crippen LogP contribution in [0.5, 0.6) is 17.2 Å². The molecule has 0 aliphatic carbocycles. The summed E-state index contributed by atoms with van der Waals surface area (Å²) in [6.07, 6.45) is 1.68. The van der Waals surface area contributed by atoms with Gasteiger partial charge in [0.05, 0.1) is 50.5 Å². The van der Waals surface area contributed by atoms with E-state index in [1.807, 2.05) is 6.92 Å². The van der Waals surface area contributed by atoms with Gasteiger partial charge in [-0.25, -0.2) is 4.79 Å². The topological polar surface area (TPSA) is 105 Å². The summed E-state index contributed by atoms with van der Waals surface area (Å²) in [5.74, 6) is 0.128. The van der Waals surface area contributed by atoms with Gasteiger partial charge in [0.15, 0.2) is 16.9 Å². The summed E-state index contributed by atoms with van der Waals surface area (Å²) >= 11 is 0. The van der Waals surface area contributed by atoms with Crippen LogP contribution in [0.2, 0.25) is 0 Å². The predicted octanol–water partition coefficient (Wildman–Crippen LogP) is 5.53. The van der Waals surface area contributed by atoms with E-state index in [-0.39, 0.29) is 16.8 Å². The molecule has 0 radical (unpaired) electrons. The number of hydrogen-bond acceptors (Lipinski definition) is 8. The molecule has 0 fully saturated rings. The first-order valence-electron chi connectivity index (χ1n) is 12.9. The van der Waals surface area contributed by atoms with Crippen molar-refractivity contribution < 1.29 is 33.0 Å². The Morgan fingerprint density at radius 1 is 0.925 bits per heavy atom. The van der Waals surface area contributed by atoms with E-state index in [1.165, 1.54) is 26.2 Å². The fourth-order valence-electron chi connectivity index (χ4n) is 4.91. The molecule has 4 aromatic rings. The minimum Gasteiger partial charge on any atom is -0.493 e. The molecule has 0 saturated heterocycles. The van der Waals surface area contributed by atoms with Gasteiger partial charge in [-0.2, -0.15) is 0 Å². The SMILES string of the molecule is CCCCOC(=O)c1ccc(N2C(=O)c3oc4ccccc4c(=O)c3C2c2cc(OC)c(OC)c(OC)c2)cc1. The number of carbonyl (C=O) groups is 2. The first-order chi connectivity index (χ1) is 19.4. The first-order valence-corrected chi connectivity index (χ1v) is 12.9. The van der Waals surface area contributed by atoms with Crippen molar-refractivity contribution in [3.63, 3.8) is 0 Å².